The molecule has 0 unspecified atom stereocenters. The molecule has 0 saturated carbocycles. The van der Waals surface area contributed by atoms with E-state index in [1.807, 2.05) is 28.9 Å². The van der Waals surface area contributed by atoms with E-state index in [1.165, 1.54) is 12.8 Å². The molecule has 1 aliphatic heterocycles. The molecule has 1 amide bonds. The van der Waals surface area contributed by atoms with Gasteiger partial charge in [-0.05, 0) is 38.4 Å². The van der Waals surface area contributed by atoms with Gasteiger partial charge in [-0.2, -0.15) is 0 Å². The molecule has 20 heavy (non-hydrogen) atoms. The highest BCUT2D eigenvalue weighted by Gasteiger charge is 2.21. The van der Waals surface area contributed by atoms with Gasteiger partial charge in [0, 0.05) is 30.7 Å². The van der Waals surface area contributed by atoms with Crippen LogP contribution in [0.2, 0.25) is 0 Å². The van der Waals surface area contributed by atoms with Crippen LogP contribution in [0.1, 0.15) is 36.5 Å². The smallest absolute Gasteiger partial charge is 0.253 e. The molecule has 1 aliphatic rings. The maximum absolute atomic E-state index is 12.3. The van der Waals surface area contributed by atoms with Gasteiger partial charge in [0.2, 0.25) is 0 Å². The number of hydrogen-bond donors (Lipinski definition) is 2. The van der Waals surface area contributed by atoms with E-state index in [4.69, 9.17) is 0 Å². The SMILES string of the molecule is C[C@@H](NC(=O)c1ccc2nccn2c1)[C@@H]1CCCCN1. The Hall–Kier alpha value is -1.88. The number of pyridine rings is 1. The first-order valence-corrected chi connectivity index (χ1v) is 7.21. The van der Waals surface area contributed by atoms with E-state index >= 15 is 0 Å². The molecule has 0 bridgehead atoms. The molecule has 5 heteroatoms. The summed E-state index contributed by atoms with van der Waals surface area (Å²) in [6.07, 6.45) is 8.98. The second-order valence-corrected chi connectivity index (χ2v) is 5.43. The molecule has 0 aromatic carbocycles. The Balaban J connectivity index is 1.68. The van der Waals surface area contributed by atoms with Crippen LogP contribution in [0.25, 0.3) is 5.65 Å². The first-order chi connectivity index (χ1) is 9.74. The first kappa shape index (κ1) is 13.1. The maximum Gasteiger partial charge on any atom is 0.253 e. The summed E-state index contributed by atoms with van der Waals surface area (Å²) in [4.78, 5) is 16.5. The second kappa shape index (κ2) is 5.63. The molecule has 3 rings (SSSR count). The lowest BCUT2D eigenvalue weighted by atomic mass is 9.99. The van der Waals surface area contributed by atoms with E-state index in [-0.39, 0.29) is 11.9 Å². The molecule has 2 atom stereocenters. The molecular weight excluding hydrogens is 252 g/mol. The van der Waals surface area contributed by atoms with Gasteiger partial charge in [0.25, 0.3) is 5.91 Å². The van der Waals surface area contributed by atoms with Crippen LogP contribution in [0, 0.1) is 0 Å². The Labute approximate surface area is 118 Å². The van der Waals surface area contributed by atoms with E-state index in [0.29, 0.717) is 11.6 Å². The summed E-state index contributed by atoms with van der Waals surface area (Å²) in [6.45, 7) is 3.11. The van der Waals surface area contributed by atoms with E-state index in [2.05, 4.69) is 22.5 Å². The molecule has 106 valence electrons. The van der Waals surface area contributed by atoms with Gasteiger partial charge in [-0.3, -0.25) is 4.79 Å². The number of fused-ring (bicyclic) bond motifs is 1. The van der Waals surface area contributed by atoms with E-state index in [0.717, 1.165) is 18.6 Å². The molecule has 1 fully saturated rings. The highest BCUT2D eigenvalue weighted by molar-refractivity contribution is 5.94. The molecule has 2 N–H and O–H groups in total. The number of carbonyl (C=O) groups excluding carboxylic acids is 1. The predicted molar refractivity (Wildman–Crippen MR) is 77.8 cm³/mol. The topological polar surface area (TPSA) is 58.4 Å². The van der Waals surface area contributed by atoms with Crippen molar-refractivity contribution in [3.8, 4) is 0 Å². The molecule has 2 aromatic heterocycles. The lowest BCUT2D eigenvalue weighted by Gasteiger charge is -2.29. The lowest BCUT2D eigenvalue weighted by molar-refractivity contribution is 0.0927. The van der Waals surface area contributed by atoms with Gasteiger partial charge < -0.3 is 15.0 Å². The van der Waals surface area contributed by atoms with Gasteiger partial charge in [0.1, 0.15) is 5.65 Å². The van der Waals surface area contributed by atoms with Gasteiger partial charge in [0.15, 0.2) is 0 Å². The Bertz CT molecular complexity index is 601. The summed E-state index contributed by atoms with van der Waals surface area (Å²) in [5.41, 5.74) is 1.52. The quantitative estimate of drug-likeness (QED) is 0.892. The fraction of sp³-hybridized carbons (Fsp3) is 0.467. The summed E-state index contributed by atoms with van der Waals surface area (Å²) in [5.74, 6) is -0.0273. The van der Waals surface area contributed by atoms with Crippen molar-refractivity contribution in [3.63, 3.8) is 0 Å². The number of hydrogen-bond acceptors (Lipinski definition) is 3. The molecule has 2 aromatic rings. The molecule has 0 radical (unpaired) electrons. The summed E-state index contributed by atoms with van der Waals surface area (Å²) >= 11 is 0. The van der Waals surface area contributed by atoms with Crippen molar-refractivity contribution in [2.24, 2.45) is 0 Å². The second-order valence-electron chi connectivity index (χ2n) is 5.43. The number of nitrogens with one attached hydrogen (secondary N) is 2. The van der Waals surface area contributed by atoms with Crippen LogP contribution in [-0.4, -0.2) is 33.9 Å². The summed E-state index contributed by atoms with van der Waals surface area (Å²) in [6, 6.07) is 4.20. The third-order valence-electron chi connectivity index (χ3n) is 3.96. The van der Waals surface area contributed by atoms with Crippen LogP contribution in [-0.2, 0) is 0 Å². The Morgan fingerprint density at radius 2 is 2.40 bits per heavy atom. The Morgan fingerprint density at radius 1 is 1.50 bits per heavy atom. The predicted octanol–water partition coefficient (Wildman–Crippen LogP) is 1.59. The molecule has 1 saturated heterocycles. The highest BCUT2D eigenvalue weighted by Crippen LogP contribution is 2.11. The number of nitrogens with zero attached hydrogens (tertiary/aromatic N) is 2. The average Bonchev–Trinajstić information content (AvgIpc) is 2.95. The zero-order valence-electron chi connectivity index (χ0n) is 11.7. The van der Waals surface area contributed by atoms with Crippen molar-refractivity contribution in [1.29, 1.82) is 0 Å². The molecular formula is C15H20N4O. The third kappa shape index (κ3) is 2.67. The summed E-state index contributed by atoms with van der Waals surface area (Å²) in [5, 5.41) is 6.56. The fourth-order valence-electron chi connectivity index (χ4n) is 2.75. The molecule has 5 nitrogen and oxygen atoms in total. The van der Waals surface area contributed by atoms with Gasteiger partial charge in [-0.15, -0.1) is 0 Å². The maximum atomic E-state index is 12.3. The minimum Gasteiger partial charge on any atom is -0.348 e. The van der Waals surface area contributed by atoms with Crippen molar-refractivity contribution < 1.29 is 4.79 Å². The number of rotatable bonds is 3. The fourth-order valence-corrected chi connectivity index (χ4v) is 2.75. The van der Waals surface area contributed by atoms with Crippen molar-refractivity contribution in [2.45, 2.75) is 38.3 Å². The van der Waals surface area contributed by atoms with E-state index in [1.54, 1.807) is 6.20 Å². The number of imidazole rings is 1. The van der Waals surface area contributed by atoms with Gasteiger partial charge >= 0.3 is 0 Å². The lowest BCUT2D eigenvalue weighted by Crippen LogP contribution is -2.50. The van der Waals surface area contributed by atoms with E-state index in [9.17, 15) is 4.79 Å². The number of piperidine rings is 1. The monoisotopic (exact) mass is 272 g/mol. The minimum atomic E-state index is -0.0273. The minimum absolute atomic E-state index is 0.0273. The Kier molecular flexibility index (Phi) is 3.69. The number of amides is 1. The Morgan fingerprint density at radius 3 is 3.20 bits per heavy atom. The van der Waals surface area contributed by atoms with Crippen molar-refractivity contribution in [2.75, 3.05) is 6.54 Å². The zero-order valence-corrected chi connectivity index (χ0v) is 11.7. The van der Waals surface area contributed by atoms with Crippen LogP contribution >= 0.6 is 0 Å². The summed E-state index contributed by atoms with van der Waals surface area (Å²) in [7, 11) is 0. The van der Waals surface area contributed by atoms with Gasteiger partial charge in [-0.25, -0.2) is 4.98 Å². The van der Waals surface area contributed by atoms with Crippen molar-refractivity contribution >= 4 is 11.6 Å². The van der Waals surface area contributed by atoms with Crippen LogP contribution in [0.4, 0.5) is 0 Å². The molecule has 0 spiro atoms. The van der Waals surface area contributed by atoms with Crippen LogP contribution in [0.15, 0.2) is 30.7 Å². The average molecular weight is 272 g/mol. The third-order valence-corrected chi connectivity index (χ3v) is 3.96. The first-order valence-electron chi connectivity index (χ1n) is 7.21. The van der Waals surface area contributed by atoms with Crippen molar-refractivity contribution in [1.82, 2.24) is 20.0 Å². The van der Waals surface area contributed by atoms with E-state index < -0.39 is 0 Å². The summed E-state index contributed by atoms with van der Waals surface area (Å²) < 4.78 is 1.86. The van der Waals surface area contributed by atoms with Crippen LogP contribution < -0.4 is 10.6 Å². The number of aromatic nitrogens is 2. The van der Waals surface area contributed by atoms with Gasteiger partial charge in [-0.1, -0.05) is 6.42 Å². The molecule has 0 aliphatic carbocycles. The van der Waals surface area contributed by atoms with Crippen molar-refractivity contribution in [3.05, 3.63) is 36.3 Å². The number of carbonyl (C=O) groups is 1. The van der Waals surface area contributed by atoms with Crippen LogP contribution in [0.5, 0.6) is 0 Å². The van der Waals surface area contributed by atoms with Crippen LogP contribution in [0.3, 0.4) is 0 Å². The standard InChI is InChI=1S/C15H20N4O/c1-11(13-4-2-3-7-16-13)18-15(20)12-5-6-14-17-8-9-19(14)10-12/h5-6,8-11,13,16H,2-4,7H2,1H3,(H,18,20)/t11-,13+/m1/s1. The molecule has 3 heterocycles. The highest BCUT2D eigenvalue weighted by atomic mass is 16.1. The van der Waals surface area contributed by atoms with Gasteiger partial charge in [0.05, 0.1) is 5.56 Å². The largest absolute Gasteiger partial charge is 0.348 e. The zero-order chi connectivity index (χ0) is 13.9. The normalized spacial score (nSPS) is 20.8.